The first-order valence-corrected chi connectivity index (χ1v) is 6.33. The molecular formula is C12H21NO5. The van der Waals surface area contributed by atoms with E-state index in [1.165, 1.54) is 4.90 Å². The normalized spacial score (nSPS) is 23.7. The first kappa shape index (κ1) is 14.9. The van der Waals surface area contributed by atoms with Crippen LogP contribution in [0.3, 0.4) is 0 Å². The second-order valence-corrected chi connectivity index (χ2v) is 4.66. The Hall–Kier alpha value is -1.14. The van der Waals surface area contributed by atoms with Gasteiger partial charge in [-0.25, -0.2) is 0 Å². The third-order valence-corrected chi connectivity index (χ3v) is 3.48. The van der Waals surface area contributed by atoms with Crippen LogP contribution in [0.15, 0.2) is 0 Å². The molecule has 0 aromatic carbocycles. The van der Waals surface area contributed by atoms with Gasteiger partial charge in [0, 0.05) is 19.0 Å². The molecule has 104 valence electrons. The van der Waals surface area contributed by atoms with Crippen molar-refractivity contribution in [1.82, 2.24) is 4.90 Å². The molecule has 6 nitrogen and oxygen atoms in total. The molecule has 1 aliphatic carbocycles. The standard InChI is InChI=1S/C12H21NO5/c14-7-5-13(6-8-15)11(16)9-1-3-10(4-2-9)12(17)18/h9-10,14-15H,1-8H2,(H,17,18). The van der Waals surface area contributed by atoms with E-state index >= 15 is 0 Å². The Bertz CT molecular complexity index is 280. The van der Waals surface area contributed by atoms with Crippen LogP contribution in [-0.4, -0.2) is 58.4 Å². The Labute approximate surface area is 106 Å². The summed E-state index contributed by atoms with van der Waals surface area (Å²) in [6.45, 7) is 0.183. The topological polar surface area (TPSA) is 98.1 Å². The molecule has 0 bridgehead atoms. The number of rotatable bonds is 6. The molecule has 0 aromatic rings. The minimum Gasteiger partial charge on any atom is -0.481 e. The van der Waals surface area contributed by atoms with Crippen LogP contribution in [0.2, 0.25) is 0 Å². The predicted octanol–water partition coefficient (Wildman–Crippen LogP) is -0.309. The van der Waals surface area contributed by atoms with E-state index in [2.05, 4.69) is 0 Å². The Balaban J connectivity index is 2.49. The molecule has 0 heterocycles. The maximum absolute atomic E-state index is 12.1. The Morgan fingerprint density at radius 1 is 0.944 bits per heavy atom. The maximum atomic E-state index is 12.1. The summed E-state index contributed by atoms with van der Waals surface area (Å²) in [5.41, 5.74) is 0. The maximum Gasteiger partial charge on any atom is 0.306 e. The highest BCUT2D eigenvalue weighted by atomic mass is 16.4. The van der Waals surface area contributed by atoms with Crippen LogP contribution in [-0.2, 0) is 9.59 Å². The molecule has 0 saturated heterocycles. The van der Waals surface area contributed by atoms with Gasteiger partial charge in [0.1, 0.15) is 0 Å². The zero-order valence-electron chi connectivity index (χ0n) is 10.4. The van der Waals surface area contributed by atoms with E-state index in [1.54, 1.807) is 0 Å². The minimum atomic E-state index is -0.788. The fourth-order valence-electron chi connectivity index (χ4n) is 2.42. The molecule has 0 aromatic heterocycles. The van der Waals surface area contributed by atoms with Crippen LogP contribution in [0.4, 0.5) is 0 Å². The quantitative estimate of drug-likeness (QED) is 0.608. The van der Waals surface area contributed by atoms with Crippen molar-refractivity contribution < 1.29 is 24.9 Å². The van der Waals surface area contributed by atoms with Crippen molar-refractivity contribution in [2.75, 3.05) is 26.3 Å². The lowest BCUT2D eigenvalue weighted by molar-refractivity contribution is -0.146. The van der Waals surface area contributed by atoms with E-state index in [-0.39, 0.29) is 44.0 Å². The Morgan fingerprint density at radius 3 is 1.78 bits per heavy atom. The first-order chi connectivity index (χ1) is 8.60. The molecule has 0 atom stereocenters. The molecule has 3 N–H and O–H groups in total. The molecule has 18 heavy (non-hydrogen) atoms. The first-order valence-electron chi connectivity index (χ1n) is 6.33. The molecule has 1 rings (SSSR count). The van der Waals surface area contributed by atoms with Crippen LogP contribution in [0.25, 0.3) is 0 Å². The average molecular weight is 259 g/mol. The van der Waals surface area contributed by atoms with Gasteiger partial charge in [-0.2, -0.15) is 0 Å². The molecular weight excluding hydrogens is 238 g/mol. The highest BCUT2D eigenvalue weighted by Crippen LogP contribution is 2.30. The summed E-state index contributed by atoms with van der Waals surface area (Å²) in [4.78, 5) is 24.4. The highest BCUT2D eigenvalue weighted by Gasteiger charge is 2.31. The van der Waals surface area contributed by atoms with Crippen LogP contribution >= 0.6 is 0 Å². The Kier molecular flexibility index (Phi) is 6.07. The number of aliphatic hydroxyl groups excluding tert-OH is 2. The summed E-state index contributed by atoms with van der Waals surface area (Å²) in [7, 11) is 0. The van der Waals surface area contributed by atoms with Crippen molar-refractivity contribution in [3.8, 4) is 0 Å². The van der Waals surface area contributed by atoms with Crippen molar-refractivity contribution in [2.24, 2.45) is 11.8 Å². The summed E-state index contributed by atoms with van der Waals surface area (Å²) in [6.07, 6.45) is 2.20. The predicted molar refractivity (Wildman–Crippen MR) is 63.8 cm³/mol. The number of carboxylic acid groups (broad SMARTS) is 1. The summed E-state index contributed by atoms with van der Waals surface area (Å²) in [6, 6.07) is 0. The van der Waals surface area contributed by atoms with E-state index in [0.29, 0.717) is 25.7 Å². The van der Waals surface area contributed by atoms with Gasteiger partial charge in [-0.3, -0.25) is 9.59 Å². The molecule has 1 fully saturated rings. The molecule has 1 amide bonds. The number of carboxylic acids is 1. The van der Waals surface area contributed by atoms with E-state index in [0.717, 1.165) is 0 Å². The van der Waals surface area contributed by atoms with Gasteiger partial charge in [-0.15, -0.1) is 0 Å². The number of amides is 1. The summed E-state index contributed by atoms with van der Waals surface area (Å²) < 4.78 is 0. The number of carbonyl (C=O) groups excluding carboxylic acids is 1. The van der Waals surface area contributed by atoms with Crippen LogP contribution in [0.5, 0.6) is 0 Å². The van der Waals surface area contributed by atoms with Crippen LogP contribution in [0.1, 0.15) is 25.7 Å². The number of aliphatic carboxylic acids is 1. The lowest BCUT2D eigenvalue weighted by Crippen LogP contribution is -2.41. The Morgan fingerprint density at radius 2 is 1.39 bits per heavy atom. The van der Waals surface area contributed by atoms with Gasteiger partial charge in [-0.05, 0) is 25.7 Å². The fraction of sp³-hybridized carbons (Fsp3) is 0.833. The second kappa shape index (κ2) is 7.33. The number of aliphatic hydroxyl groups is 2. The summed E-state index contributed by atoms with van der Waals surface area (Å²) in [5.74, 6) is -1.37. The molecule has 1 saturated carbocycles. The van der Waals surface area contributed by atoms with Crippen molar-refractivity contribution in [3.05, 3.63) is 0 Å². The average Bonchev–Trinajstić information content (AvgIpc) is 2.38. The van der Waals surface area contributed by atoms with E-state index in [4.69, 9.17) is 15.3 Å². The van der Waals surface area contributed by atoms with Crippen molar-refractivity contribution in [3.63, 3.8) is 0 Å². The van der Waals surface area contributed by atoms with E-state index in [9.17, 15) is 9.59 Å². The SMILES string of the molecule is O=C(O)C1CCC(C(=O)N(CCO)CCO)CC1. The van der Waals surface area contributed by atoms with E-state index < -0.39 is 5.97 Å². The summed E-state index contributed by atoms with van der Waals surface area (Å²) in [5, 5.41) is 26.6. The van der Waals surface area contributed by atoms with Gasteiger partial charge < -0.3 is 20.2 Å². The van der Waals surface area contributed by atoms with Gasteiger partial charge in [0.05, 0.1) is 19.1 Å². The molecule has 1 aliphatic rings. The van der Waals surface area contributed by atoms with Crippen molar-refractivity contribution >= 4 is 11.9 Å². The van der Waals surface area contributed by atoms with Gasteiger partial charge in [0.2, 0.25) is 5.91 Å². The van der Waals surface area contributed by atoms with Gasteiger partial charge >= 0.3 is 5.97 Å². The smallest absolute Gasteiger partial charge is 0.306 e. The third-order valence-electron chi connectivity index (χ3n) is 3.48. The molecule has 0 spiro atoms. The zero-order chi connectivity index (χ0) is 13.5. The highest BCUT2D eigenvalue weighted by molar-refractivity contribution is 5.79. The zero-order valence-corrected chi connectivity index (χ0v) is 10.4. The molecule has 0 radical (unpaired) electrons. The largest absolute Gasteiger partial charge is 0.481 e. The lowest BCUT2D eigenvalue weighted by Gasteiger charge is -2.30. The fourth-order valence-corrected chi connectivity index (χ4v) is 2.42. The lowest BCUT2D eigenvalue weighted by atomic mass is 9.81. The number of hydrogen-bond acceptors (Lipinski definition) is 4. The minimum absolute atomic E-state index is 0.0815. The van der Waals surface area contributed by atoms with Gasteiger partial charge in [-0.1, -0.05) is 0 Å². The molecule has 0 unspecified atom stereocenters. The number of carbonyl (C=O) groups is 2. The monoisotopic (exact) mass is 259 g/mol. The molecule has 0 aliphatic heterocycles. The van der Waals surface area contributed by atoms with E-state index in [1.807, 2.05) is 0 Å². The second-order valence-electron chi connectivity index (χ2n) is 4.66. The number of nitrogens with zero attached hydrogens (tertiary/aromatic N) is 1. The summed E-state index contributed by atoms with van der Waals surface area (Å²) >= 11 is 0. The molecule has 6 heteroatoms. The van der Waals surface area contributed by atoms with Crippen molar-refractivity contribution in [2.45, 2.75) is 25.7 Å². The van der Waals surface area contributed by atoms with Crippen LogP contribution in [0, 0.1) is 11.8 Å². The van der Waals surface area contributed by atoms with Crippen LogP contribution < -0.4 is 0 Å². The van der Waals surface area contributed by atoms with Crippen molar-refractivity contribution in [1.29, 1.82) is 0 Å². The number of hydrogen-bond donors (Lipinski definition) is 3. The van der Waals surface area contributed by atoms with Gasteiger partial charge in [0.25, 0.3) is 0 Å². The third kappa shape index (κ3) is 3.96. The van der Waals surface area contributed by atoms with Gasteiger partial charge in [0.15, 0.2) is 0 Å².